The SMILES string of the molecule is CCNC(=NCc1cccc(OC)c1OC)NCC(C)N1CCOCC1. The monoisotopic (exact) mass is 364 g/mol. The van der Waals surface area contributed by atoms with E-state index in [1.54, 1.807) is 14.2 Å². The van der Waals surface area contributed by atoms with Crippen molar-refractivity contribution in [2.45, 2.75) is 26.4 Å². The van der Waals surface area contributed by atoms with E-state index in [0.717, 1.165) is 62.4 Å². The third-order valence-electron chi connectivity index (χ3n) is 4.47. The smallest absolute Gasteiger partial charge is 0.191 e. The highest BCUT2D eigenvalue weighted by molar-refractivity contribution is 5.79. The molecule has 146 valence electrons. The zero-order valence-corrected chi connectivity index (χ0v) is 16.4. The maximum Gasteiger partial charge on any atom is 0.191 e. The molecule has 1 heterocycles. The molecule has 0 spiro atoms. The molecule has 0 bridgehead atoms. The molecule has 2 rings (SSSR count). The summed E-state index contributed by atoms with van der Waals surface area (Å²) < 4.78 is 16.3. The summed E-state index contributed by atoms with van der Waals surface area (Å²) in [7, 11) is 3.29. The molecule has 7 nitrogen and oxygen atoms in total. The molecule has 0 radical (unpaired) electrons. The standard InChI is InChI=1S/C19H32N4O3/c1-5-20-19(21-13-15(2)23-9-11-26-12-10-23)22-14-16-7-6-8-17(24-3)18(16)25-4/h6-8,15H,5,9-14H2,1-4H3,(H2,20,21,22). The minimum absolute atomic E-state index is 0.425. The predicted molar refractivity (Wildman–Crippen MR) is 104 cm³/mol. The van der Waals surface area contributed by atoms with Gasteiger partial charge in [-0.05, 0) is 19.9 Å². The molecule has 1 aliphatic heterocycles. The van der Waals surface area contributed by atoms with E-state index in [-0.39, 0.29) is 0 Å². The van der Waals surface area contributed by atoms with E-state index in [1.807, 2.05) is 18.2 Å². The summed E-state index contributed by atoms with van der Waals surface area (Å²) >= 11 is 0. The van der Waals surface area contributed by atoms with Gasteiger partial charge in [-0.3, -0.25) is 4.90 Å². The first kappa shape index (κ1) is 20.3. The van der Waals surface area contributed by atoms with E-state index in [2.05, 4.69) is 29.4 Å². The van der Waals surface area contributed by atoms with Crippen LogP contribution in [0.4, 0.5) is 0 Å². The van der Waals surface area contributed by atoms with Gasteiger partial charge < -0.3 is 24.8 Å². The largest absolute Gasteiger partial charge is 0.493 e. The Morgan fingerprint density at radius 2 is 2.00 bits per heavy atom. The average molecular weight is 364 g/mol. The fraction of sp³-hybridized carbons (Fsp3) is 0.632. The van der Waals surface area contributed by atoms with Crippen molar-refractivity contribution < 1.29 is 14.2 Å². The quantitative estimate of drug-likeness (QED) is 0.538. The molecule has 0 amide bonds. The number of nitrogens with zero attached hydrogens (tertiary/aromatic N) is 2. The molecule has 1 aliphatic rings. The highest BCUT2D eigenvalue weighted by atomic mass is 16.5. The van der Waals surface area contributed by atoms with Crippen LogP contribution in [-0.4, -0.2) is 70.5 Å². The number of benzene rings is 1. The van der Waals surface area contributed by atoms with Gasteiger partial charge in [-0.2, -0.15) is 0 Å². The summed E-state index contributed by atoms with van der Waals surface area (Å²) in [6, 6.07) is 6.27. The zero-order chi connectivity index (χ0) is 18.8. The normalized spacial score (nSPS) is 16.8. The first-order valence-electron chi connectivity index (χ1n) is 9.23. The molecular weight excluding hydrogens is 332 g/mol. The first-order valence-corrected chi connectivity index (χ1v) is 9.23. The number of hydrogen-bond donors (Lipinski definition) is 2. The van der Waals surface area contributed by atoms with Crippen LogP contribution in [0.2, 0.25) is 0 Å². The van der Waals surface area contributed by atoms with Crippen LogP contribution in [0.15, 0.2) is 23.2 Å². The first-order chi connectivity index (χ1) is 12.7. The molecule has 1 fully saturated rings. The maximum atomic E-state index is 5.48. The van der Waals surface area contributed by atoms with Gasteiger partial charge >= 0.3 is 0 Å². The number of aliphatic imine (C=N–C) groups is 1. The van der Waals surface area contributed by atoms with Crippen molar-refractivity contribution >= 4 is 5.96 Å². The molecule has 1 atom stereocenters. The lowest BCUT2D eigenvalue weighted by Gasteiger charge is -2.32. The van der Waals surface area contributed by atoms with E-state index < -0.39 is 0 Å². The Labute approximate surface area is 156 Å². The van der Waals surface area contributed by atoms with Crippen LogP contribution in [0.1, 0.15) is 19.4 Å². The Morgan fingerprint density at radius 1 is 1.23 bits per heavy atom. The Kier molecular flexibility index (Phi) is 8.50. The van der Waals surface area contributed by atoms with Crippen LogP contribution in [0, 0.1) is 0 Å². The van der Waals surface area contributed by atoms with Crippen molar-refractivity contribution in [3.8, 4) is 11.5 Å². The van der Waals surface area contributed by atoms with Crippen LogP contribution in [-0.2, 0) is 11.3 Å². The van der Waals surface area contributed by atoms with Gasteiger partial charge in [0.05, 0.1) is 34.0 Å². The molecule has 0 aliphatic carbocycles. The fourth-order valence-electron chi connectivity index (χ4n) is 2.98. The number of ether oxygens (including phenoxy) is 3. The highest BCUT2D eigenvalue weighted by Crippen LogP contribution is 2.30. The van der Waals surface area contributed by atoms with Crippen LogP contribution in [0.5, 0.6) is 11.5 Å². The van der Waals surface area contributed by atoms with Crippen LogP contribution < -0.4 is 20.1 Å². The van der Waals surface area contributed by atoms with E-state index in [0.29, 0.717) is 12.6 Å². The van der Waals surface area contributed by atoms with Gasteiger partial charge in [-0.1, -0.05) is 12.1 Å². The number of methoxy groups -OCH3 is 2. The molecular formula is C19H32N4O3. The molecule has 1 saturated heterocycles. The van der Waals surface area contributed by atoms with Crippen molar-refractivity contribution in [2.24, 2.45) is 4.99 Å². The van der Waals surface area contributed by atoms with Crippen molar-refractivity contribution in [3.05, 3.63) is 23.8 Å². The van der Waals surface area contributed by atoms with Gasteiger partial charge in [0, 0.05) is 37.8 Å². The van der Waals surface area contributed by atoms with Gasteiger partial charge in [-0.25, -0.2) is 4.99 Å². The molecule has 0 aromatic heterocycles. The van der Waals surface area contributed by atoms with Gasteiger partial charge in [0.25, 0.3) is 0 Å². The molecule has 1 aromatic carbocycles. The van der Waals surface area contributed by atoms with Crippen LogP contribution in [0.25, 0.3) is 0 Å². The van der Waals surface area contributed by atoms with E-state index >= 15 is 0 Å². The van der Waals surface area contributed by atoms with Crippen molar-refractivity contribution in [1.29, 1.82) is 0 Å². The van der Waals surface area contributed by atoms with Gasteiger partial charge in [0.2, 0.25) is 0 Å². The molecule has 26 heavy (non-hydrogen) atoms. The van der Waals surface area contributed by atoms with E-state index in [1.165, 1.54) is 0 Å². The van der Waals surface area contributed by atoms with E-state index in [4.69, 9.17) is 19.2 Å². The number of nitrogens with one attached hydrogen (secondary N) is 2. The molecule has 1 aromatic rings. The Bertz CT molecular complexity index is 574. The highest BCUT2D eigenvalue weighted by Gasteiger charge is 2.17. The van der Waals surface area contributed by atoms with Crippen LogP contribution >= 0.6 is 0 Å². The number of morpholine rings is 1. The lowest BCUT2D eigenvalue weighted by molar-refractivity contribution is 0.0211. The third-order valence-corrected chi connectivity index (χ3v) is 4.47. The Hall–Kier alpha value is -1.99. The summed E-state index contributed by atoms with van der Waals surface area (Å²) in [5.74, 6) is 2.26. The number of guanidine groups is 1. The summed E-state index contributed by atoms with van der Waals surface area (Å²) in [5.41, 5.74) is 0.991. The second-order valence-corrected chi connectivity index (χ2v) is 6.23. The zero-order valence-electron chi connectivity index (χ0n) is 16.4. The lowest BCUT2D eigenvalue weighted by Crippen LogP contribution is -2.49. The molecule has 2 N–H and O–H groups in total. The second-order valence-electron chi connectivity index (χ2n) is 6.23. The van der Waals surface area contributed by atoms with Gasteiger partial charge in [0.15, 0.2) is 17.5 Å². The fourth-order valence-corrected chi connectivity index (χ4v) is 2.98. The van der Waals surface area contributed by atoms with E-state index in [9.17, 15) is 0 Å². The van der Waals surface area contributed by atoms with Gasteiger partial charge in [0.1, 0.15) is 0 Å². The minimum atomic E-state index is 0.425. The number of rotatable bonds is 8. The topological polar surface area (TPSA) is 67.4 Å². The molecule has 7 heteroatoms. The third kappa shape index (κ3) is 5.78. The Morgan fingerprint density at radius 3 is 2.65 bits per heavy atom. The Balaban J connectivity index is 1.98. The van der Waals surface area contributed by atoms with Crippen molar-refractivity contribution in [3.63, 3.8) is 0 Å². The lowest BCUT2D eigenvalue weighted by atomic mass is 10.2. The van der Waals surface area contributed by atoms with Gasteiger partial charge in [-0.15, -0.1) is 0 Å². The minimum Gasteiger partial charge on any atom is -0.493 e. The number of hydrogen-bond acceptors (Lipinski definition) is 5. The molecule has 1 unspecified atom stereocenters. The summed E-state index contributed by atoms with van der Waals surface area (Å²) in [6.07, 6.45) is 0. The summed E-state index contributed by atoms with van der Waals surface area (Å²) in [5, 5.41) is 6.74. The van der Waals surface area contributed by atoms with Crippen molar-refractivity contribution in [2.75, 3.05) is 53.6 Å². The number of para-hydroxylation sites is 1. The second kappa shape index (κ2) is 10.9. The predicted octanol–water partition coefficient (Wildman–Crippen LogP) is 1.48. The molecule has 0 saturated carbocycles. The van der Waals surface area contributed by atoms with Crippen molar-refractivity contribution in [1.82, 2.24) is 15.5 Å². The maximum absolute atomic E-state index is 5.48. The summed E-state index contributed by atoms with van der Waals surface area (Å²) in [4.78, 5) is 7.14. The van der Waals surface area contributed by atoms with Crippen LogP contribution in [0.3, 0.4) is 0 Å². The average Bonchev–Trinajstić information content (AvgIpc) is 2.69. The summed E-state index contributed by atoms with van der Waals surface area (Å²) in [6.45, 7) is 10.1.